The molecule has 160 valence electrons. The van der Waals surface area contributed by atoms with Crippen LogP contribution < -0.4 is 11.1 Å². The molecule has 3 heterocycles. The van der Waals surface area contributed by atoms with Crippen LogP contribution in [0.2, 0.25) is 0 Å². The van der Waals surface area contributed by atoms with Crippen molar-refractivity contribution in [2.75, 3.05) is 18.1 Å². The molecule has 0 aromatic carbocycles. The number of aliphatic carboxylic acids is 2. The quantitative estimate of drug-likeness (QED) is 0.167. The standard InChI is InChI=1S/C16H17N5O7S2/c1-2-6-4-29-14-10(13(25)21(14)11(6)15(26)27)19-12(24)9(20-28-3-8(22)23)7-5-30-16(17)18-7/h2,5-6,10-11,14H,1,3-4H2,(H2,17,18)(H,19,24)(H,22,23)(H,26,27)/b20-9-/t6?,10-,11?,14-/m1/s1. The van der Waals surface area contributed by atoms with Gasteiger partial charge in [0.1, 0.15) is 23.2 Å². The first-order chi connectivity index (χ1) is 14.2. The van der Waals surface area contributed by atoms with Crippen LogP contribution in [0.1, 0.15) is 5.69 Å². The zero-order chi connectivity index (χ0) is 22.0. The summed E-state index contributed by atoms with van der Waals surface area (Å²) >= 11 is 2.36. The lowest BCUT2D eigenvalue weighted by Crippen LogP contribution is -2.76. The van der Waals surface area contributed by atoms with Gasteiger partial charge in [0.25, 0.3) is 5.91 Å². The predicted molar refractivity (Wildman–Crippen MR) is 107 cm³/mol. The maximum absolute atomic E-state index is 12.7. The molecule has 3 rings (SSSR count). The number of nitrogens with two attached hydrogens (primary N) is 1. The van der Waals surface area contributed by atoms with Crippen molar-refractivity contribution in [3.8, 4) is 0 Å². The summed E-state index contributed by atoms with van der Waals surface area (Å²) in [6.07, 6.45) is 1.50. The number of amides is 2. The van der Waals surface area contributed by atoms with Crippen molar-refractivity contribution in [2.45, 2.75) is 17.5 Å². The molecule has 2 unspecified atom stereocenters. The summed E-state index contributed by atoms with van der Waals surface area (Å²) in [6, 6.07) is -2.03. The normalized spacial score (nSPS) is 25.7. The molecule has 1 aromatic rings. The summed E-state index contributed by atoms with van der Waals surface area (Å²) in [7, 11) is 0. The van der Waals surface area contributed by atoms with E-state index < -0.39 is 53.7 Å². The Morgan fingerprint density at radius 1 is 1.47 bits per heavy atom. The number of carboxylic acid groups (broad SMARTS) is 2. The fourth-order valence-electron chi connectivity index (χ4n) is 3.06. The fraction of sp³-hybridized carbons (Fsp3) is 0.375. The minimum Gasteiger partial charge on any atom is -0.480 e. The first-order valence-corrected chi connectivity index (χ1v) is 10.4. The van der Waals surface area contributed by atoms with E-state index >= 15 is 0 Å². The first kappa shape index (κ1) is 21.6. The van der Waals surface area contributed by atoms with Gasteiger partial charge in [0, 0.05) is 17.1 Å². The average molecular weight is 455 g/mol. The zero-order valence-electron chi connectivity index (χ0n) is 15.3. The van der Waals surface area contributed by atoms with Crippen molar-refractivity contribution < 1.29 is 34.2 Å². The van der Waals surface area contributed by atoms with Crippen LogP contribution in [0.3, 0.4) is 0 Å². The summed E-state index contributed by atoms with van der Waals surface area (Å²) in [5.41, 5.74) is 5.27. The summed E-state index contributed by atoms with van der Waals surface area (Å²) in [5.74, 6) is -3.82. The Labute approximate surface area is 177 Å². The summed E-state index contributed by atoms with van der Waals surface area (Å²) < 4.78 is 0. The highest BCUT2D eigenvalue weighted by molar-refractivity contribution is 8.00. The lowest BCUT2D eigenvalue weighted by Gasteiger charge is -2.53. The molecule has 2 fully saturated rings. The van der Waals surface area contributed by atoms with Crippen LogP contribution in [0.5, 0.6) is 0 Å². The lowest BCUT2D eigenvalue weighted by molar-refractivity contribution is -0.163. The average Bonchev–Trinajstić information content (AvgIpc) is 3.13. The third-order valence-electron chi connectivity index (χ3n) is 4.41. The molecule has 14 heteroatoms. The van der Waals surface area contributed by atoms with Crippen molar-refractivity contribution in [3.05, 3.63) is 23.7 Å². The fourth-order valence-corrected chi connectivity index (χ4v) is 5.12. The molecular weight excluding hydrogens is 438 g/mol. The van der Waals surface area contributed by atoms with E-state index in [0.29, 0.717) is 5.75 Å². The predicted octanol–water partition coefficient (Wildman–Crippen LogP) is -0.814. The Bertz CT molecular complexity index is 933. The van der Waals surface area contributed by atoms with E-state index in [1.807, 2.05) is 0 Å². The lowest BCUT2D eigenvalue weighted by atomic mass is 9.93. The second-order valence-electron chi connectivity index (χ2n) is 6.28. The van der Waals surface area contributed by atoms with Gasteiger partial charge in [0.2, 0.25) is 12.5 Å². The molecule has 5 N–H and O–H groups in total. The van der Waals surface area contributed by atoms with Gasteiger partial charge in [-0.05, 0) is 0 Å². The van der Waals surface area contributed by atoms with Crippen LogP contribution in [-0.4, -0.2) is 79.4 Å². The second kappa shape index (κ2) is 8.71. The van der Waals surface area contributed by atoms with Gasteiger partial charge in [0.15, 0.2) is 10.8 Å². The Morgan fingerprint density at radius 2 is 2.20 bits per heavy atom. The van der Waals surface area contributed by atoms with Gasteiger partial charge in [-0.25, -0.2) is 14.6 Å². The number of carbonyl (C=O) groups is 4. The van der Waals surface area contributed by atoms with Crippen molar-refractivity contribution >= 4 is 57.7 Å². The van der Waals surface area contributed by atoms with E-state index in [0.717, 1.165) is 11.3 Å². The molecule has 2 aliphatic heterocycles. The number of fused-ring (bicyclic) bond motifs is 1. The number of hydrogen-bond donors (Lipinski definition) is 4. The van der Waals surface area contributed by atoms with Crippen LogP contribution in [0.25, 0.3) is 0 Å². The largest absolute Gasteiger partial charge is 0.480 e. The van der Waals surface area contributed by atoms with Gasteiger partial charge in [-0.15, -0.1) is 29.7 Å². The number of oxime groups is 1. The minimum atomic E-state index is -1.30. The van der Waals surface area contributed by atoms with E-state index in [1.54, 1.807) is 0 Å². The molecule has 2 aliphatic rings. The Kier molecular flexibility index (Phi) is 6.26. The molecular formula is C16H17N5O7S2. The minimum absolute atomic E-state index is 0.0513. The SMILES string of the molecule is C=CC1CS[C@@H]2[C@H](NC(=O)/C(=N\OCC(=O)O)c3csc(N)n3)C(=O)N2C1C(=O)O. The Morgan fingerprint density at radius 3 is 2.77 bits per heavy atom. The van der Waals surface area contributed by atoms with Crippen LogP contribution in [0, 0.1) is 5.92 Å². The molecule has 0 saturated carbocycles. The number of anilines is 1. The number of hydrogen-bond acceptors (Lipinski definition) is 10. The first-order valence-electron chi connectivity index (χ1n) is 8.47. The number of carbonyl (C=O) groups excluding carboxylic acids is 2. The molecule has 30 heavy (non-hydrogen) atoms. The van der Waals surface area contributed by atoms with Crippen molar-refractivity contribution in [1.82, 2.24) is 15.2 Å². The third-order valence-corrected chi connectivity index (χ3v) is 6.50. The Balaban J connectivity index is 1.76. The summed E-state index contributed by atoms with van der Waals surface area (Å²) in [5, 5.41) is 25.2. The van der Waals surface area contributed by atoms with Gasteiger partial charge in [0.05, 0.1) is 0 Å². The number of rotatable bonds is 8. The molecule has 2 saturated heterocycles. The maximum Gasteiger partial charge on any atom is 0.344 e. The summed E-state index contributed by atoms with van der Waals surface area (Å²) in [4.78, 5) is 57.4. The molecule has 0 bridgehead atoms. The van der Waals surface area contributed by atoms with E-state index in [2.05, 4.69) is 26.9 Å². The highest BCUT2D eigenvalue weighted by atomic mass is 32.2. The molecule has 0 radical (unpaired) electrons. The van der Waals surface area contributed by atoms with Crippen LogP contribution in [0.4, 0.5) is 5.13 Å². The topological polar surface area (TPSA) is 185 Å². The van der Waals surface area contributed by atoms with Gasteiger partial charge >= 0.3 is 11.9 Å². The van der Waals surface area contributed by atoms with Gasteiger partial charge in [-0.3, -0.25) is 9.59 Å². The molecule has 12 nitrogen and oxygen atoms in total. The number of nitrogens with one attached hydrogen (secondary N) is 1. The van der Waals surface area contributed by atoms with Gasteiger partial charge in [-0.1, -0.05) is 11.2 Å². The zero-order valence-corrected chi connectivity index (χ0v) is 16.9. The van der Waals surface area contributed by atoms with Crippen molar-refractivity contribution in [3.63, 3.8) is 0 Å². The van der Waals surface area contributed by atoms with E-state index in [4.69, 9.17) is 10.8 Å². The highest BCUT2D eigenvalue weighted by Crippen LogP contribution is 2.41. The van der Waals surface area contributed by atoms with E-state index in [9.17, 15) is 24.3 Å². The molecule has 1 aromatic heterocycles. The van der Waals surface area contributed by atoms with E-state index in [-0.39, 0.29) is 16.5 Å². The molecule has 0 spiro atoms. The summed E-state index contributed by atoms with van der Waals surface area (Å²) in [6.45, 7) is 2.84. The van der Waals surface area contributed by atoms with Crippen LogP contribution in [-0.2, 0) is 24.0 Å². The van der Waals surface area contributed by atoms with Gasteiger partial charge < -0.3 is 31.0 Å². The number of aromatic nitrogens is 1. The number of nitrogen functional groups attached to an aromatic ring is 1. The van der Waals surface area contributed by atoms with Crippen LogP contribution in [0.15, 0.2) is 23.2 Å². The molecule has 4 atom stereocenters. The molecule has 2 amide bonds. The van der Waals surface area contributed by atoms with E-state index in [1.165, 1.54) is 28.1 Å². The number of nitrogens with zero attached hydrogens (tertiary/aromatic N) is 3. The third kappa shape index (κ3) is 4.09. The number of carboxylic acids is 2. The van der Waals surface area contributed by atoms with Crippen LogP contribution >= 0.6 is 23.1 Å². The highest BCUT2D eigenvalue weighted by Gasteiger charge is 2.57. The van der Waals surface area contributed by atoms with Crippen molar-refractivity contribution in [2.24, 2.45) is 11.1 Å². The van der Waals surface area contributed by atoms with Crippen molar-refractivity contribution in [1.29, 1.82) is 0 Å². The Hall–Kier alpha value is -3.13. The number of thioether (sulfide) groups is 1. The monoisotopic (exact) mass is 455 g/mol. The maximum atomic E-state index is 12.7. The molecule has 0 aliphatic carbocycles. The smallest absolute Gasteiger partial charge is 0.344 e. The van der Waals surface area contributed by atoms with Gasteiger partial charge in [-0.2, -0.15) is 0 Å². The number of thiazole rings is 1. The number of β-lactam (4-membered cyclic amide) rings is 1. The second-order valence-corrected chi connectivity index (χ2v) is 8.32.